The highest BCUT2D eigenvalue weighted by atomic mass is 16.2. The predicted octanol–water partition coefficient (Wildman–Crippen LogP) is 1.90. The molecule has 2 aromatic carbocycles. The molecular weight excluding hydrogens is 326 g/mol. The van der Waals surface area contributed by atoms with Crippen LogP contribution in [0.5, 0.6) is 0 Å². The molecular formula is C21H25N3O2. The van der Waals surface area contributed by atoms with Crippen molar-refractivity contribution < 1.29 is 9.59 Å². The molecule has 26 heavy (non-hydrogen) atoms. The number of hydrogen-bond acceptors (Lipinski definition) is 3. The number of benzene rings is 2. The molecule has 0 unspecified atom stereocenters. The van der Waals surface area contributed by atoms with Gasteiger partial charge in [-0.25, -0.2) is 0 Å². The molecule has 2 aromatic rings. The first-order valence-electron chi connectivity index (χ1n) is 9.03. The second kappa shape index (κ2) is 8.63. The number of hydrogen-bond donors (Lipinski definition) is 2. The largest absolute Gasteiger partial charge is 0.353 e. The van der Waals surface area contributed by atoms with Crippen LogP contribution in [0.3, 0.4) is 0 Å². The number of fused-ring (bicyclic) bond motifs is 1. The Kier molecular flexibility index (Phi) is 6.02. The number of nitrogens with zero attached hydrogens (tertiary/aromatic N) is 1. The summed E-state index contributed by atoms with van der Waals surface area (Å²) in [5, 5.41) is 5.56. The summed E-state index contributed by atoms with van der Waals surface area (Å²) < 4.78 is 0. The van der Waals surface area contributed by atoms with Crippen LogP contribution in [0.4, 0.5) is 0 Å². The average molecular weight is 351 g/mol. The molecule has 0 saturated carbocycles. The summed E-state index contributed by atoms with van der Waals surface area (Å²) in [5.74, 6) is -0.379. The molecule has 0 radical (unpaired) electrons. The standard InChI is InChI=1S/C21H25N3O2/c1-16-6-2-5-9-19(16)21(26)23-14-20(25)22-11-13-24-12-10-17-7-3-4-8-18(17)15-24/h2-9H,10-15H2,1H3,(H,22,25)(H,23,26). The minimum absolute atomic E-state index is 0.00397. The summed E-state index contributed by atoms with van der Waals surface area (Å²) >= 11 is 0. The first-order valence-corrected chi connectivity index (χ1v) is 9.03. The predicted molar refractivity (Wildman–Crippen MR) is 102 cm³/mol. The van der Waals surface area contributed by atoms with Crippen molar-refractivity contribution in [3.05, 3.63) is 70.8 Å². The second-order valence-electron chi connectivity index (χ2n) is 6.64. The van der Waals surface area contributed by atoms with Crippen molar-refractivity contribution in [2.75, 3.05) is 26.2 Å². The van der Waals surface area contributed by atoms with Gasteiger partial charge in [-0.3, -0.25) is 14.5 Å². The lowest BCUT2D eigenvalue weighted by molar-refractivity contribution is -0.120. The monoisotopic (exact) mass is 351 g/mol. The molecule has 2 amide bonds. The Bertz CT molecular complexity index is 788. The smallest absolute Gasteiger partial charge is 0.251 e. The fourth-order valence-corrected chi connectivity index (χ4v) is 3.24. The van der Waals surface area contributed by atoms with E-state index in [1.165, 1.54) is 11.1 Å². The summed E-state index contributed by atoms with van der Waals surface area (Å²) in [7, 11) is 0. The highest BCUT2D eigenvalue weighted by Gasteiger charge is 2.15. The highest BCUT2D eigenvalue weighted by molar-refractivity contribution is 5.97. The number of amides is 2. The van der Waals surface area contributed by atoms with Gasteiger partial charge in [0.1, 0.15) is 0 Å². The Morgan fingerprint density at radius 2 is 1.73 bits per heavy atom. The van der Waals surface area contributed by atoms with Crippen LogP contribution in [-0.2, 0) is 17.8 Å². The van der Waals surface area contributed by atoms with Crippen LogP contribution in [0.25, 0.3) is 0 Å². The molecule has 0 bridgehead atoms. The Morgan fingerprint density at radius 3 is 2.54 bits per heavy atom. The van der Waals surface area contributed by atoms with Gasteiger partial charge in [-0.15, -0.1) is 0 Å². The van der Waals surface area contributed by atoms with Crippen molar-refractivity contribution in [1.29, 1.82) is 0 Å². The van der Waals surface area contributed by atoms with Crippen molar-refractivity contribution in [3.8, 4) is 0 Å². The Hall–Kier alpha value is -2.66. The first-order chi connectivity index (χ1) is 12.6. The van der Waals surface area contributed by atoms with Crippen molar-refractivity contribution in [2.24, 2.45) is 0 Å². The van der Waals surface area contributed by atoms with Crippen LogP contribution in [-0.4, -0.2) is 42.9 Å². The molecule has 3 rings (SSSR count). The van der Waals surface area contributed by atoms with E-state index in [0.717, 1.165) is 31.6 Å². The van der Waals surface area contributed by atoms with Gasteiger partial charge in [0.15, 0.2) is 0 Å². The highest BCUT2D eigenvalue weighted by Crippen LogP contribution is 2.17. The number of nitrogens with one attached hydrogen (secondary N) is 2. The van der Waals surface area contributed by atoms with E-state index in [1.807, 2.05) is 25.1 Å². The quantitative estimate of drug-likeness (QED) is 0.836. The lowest BCUT2D eigenvalue weighted by Crippen LogP contribution is -2.41. The van der Waals surface area contributed by atoms with Crippen LogP contribution in [0.1, 0.15) is 27.0 Å². The SMILES string of the molecule is Cc1ccccc1C(=O)NCC(=O)NCCN1CCc2ccccc2C1. The maximum atomic E-state index is 12.1. The summed E-state index contributed by atoms with van der Waals surface area (Å²) in [6.07, 6.45) is 1.05. The van der Waals surface area contributed by atoms with Crippen molar-refractivity contribution in [1.82, 2.24) is 15.5 Å². The van der Waals surface area contributed by atoms with Crippen LogP contribution in [0, 0.1) is 6.92 Å². The van der Waals surface area contributed by atoms with Gasteiger partial charge in [0.25, 0.3) is 5.91 Å². The molecule has 0 saturated heterocycles. The lowest BCUT2D eigenvalue weighted by atomic mass is 10.00. The average Bonchev–Trinajstić information content (AvgIpc) is 2.66. The summed E-state index contributed by atoms with van der Waals surface area (Å²) in [4.78, 5) is 26.4. The minimum Gasteiger partial charge on any atom is -0.353 e. The van der Waals surface area contributed by atoms with Crippen LogP contribution >= 0.6 is 0 Å². The maximum Gasteiger partial charge on any atom is 0.251 e. The maximum absolute atomic E-state index is 12.1. The fraction of sp³-hybridized carbons (Fsp3) is 0.333. The van der Waals surface area contributed by atoms with Gasteiger partial charge in [-0.2, -0.15) is 0 Å². The van der Waals surface area contributed by atoms with E-state index < -0.39 is 0 Å². The molecule has 5 heteroatoms. The zero-order valence-electron chi connectivity index (χ0n) is 15.1. The topological polar surface area (TPSA) is 61.4 Å². The van der Waals surface area contributed by atoms with Crippen LogP contribution in [0.2, 0.25) is 0 Å². The van der Waals surface area contributed by atoms with Gasteiger partial charge in [0, 0.05) is 31.7 Å². The van der Waals surface area contributed by atoms with Gasteiger partial charge in [0.2, 0.25) is 5.91 Å². The molecule has 5 nitrogen and oxygen atoms in total. The third kappa shape index (κ3) is 4.70. The molecule has 0 fully saturated rings. The molecule has 0 aliphatic carbocycles. The van der Waals surface area contributed by atoms with Crippen molar-refractivity contribution in [3.63, 3.8) is 0 Å². The number of rotatable bonds is 6. The minimum atomic E-state index is -0.217. The van der Waals surface area contributed by atoms with E-state index in [4.69, 9.17) is 0 Å². The van der Waals surface area contributed by atoms with Crippen molar-refractivity contribution in [2.45, 2.75) is 19.9 Å². The number of carbonyl (C=O) groups excluding carboxylic acids is 2. The van der Waals surface area contributed by atoms with E-state index in [9.17, 15) is 9.59 Å². The van der Waals surface area contributed by atoms with Crippen LogP contribution in [0.15, 0.2) is 48.5 Å². The van der Waals surface area contributed by atoms with E-state index in [-0.39, 0.29) is 18.4 Å². The molecule has 1 aliphatic rings. The third-order valence-corrected chi connectivity index (χ3v) is 4.76. The molecule has 1 aliphatic heterocycles. The molecule has 0 aromatic heterocycles. The Balaban J connectivity index is 1.37. The molecule has 0 spiro atoms. The van der Waals surface area contributed by atoms with Gasteiger partial charge in [-0.05, 0) is 36.1 Å². The lowest BCUT2D eigenvalue weighted by Gasteiger charge is -2.28. The molecule has 136 valence electrons. The number of aryl methyl sites for hydroxylation is 1. The van der Waals surface area contributed by atoms with Gasteiger partial charge in [-0.1, -0.05) is 42.5 Å². The van der Waals surface area contributed by atoms with Crippen LogP contribution < -0.4 is 10.6 Å². The Morgan fingerprint density at radius 1 is 1.00 bits per heavy atom. The third-order valence-electron chi connectivity index (χ3n) is 4.76. The molecule has 1 heterocycles. The molecule has 0 atom stereocenters. The second-order valence-corrected chi connectivity index (χ2v) is 6.64. The zero-order chi connectivity index (χ0) is 18.4. The molecule has 2 N–H and O–H groups in total. The summed E-state index contributed by atoms with van der Waals surface area (Å²) in [6.45, 7) is 5.21. The summed E-state index contributed by atoms with van der Waals surface area (Å²) in [6, 6.07) is 15.9. The Labute approximate surface area is 154 Å². The van der Waals surface area contributed by atoms with Gasteiger partial charge in [0.05, 0.1) is 6.54 Å². The van der Waals surface area contributed by atoms with E-state index >= 15 is 0 Å². The zero-order valence-corrected chi connectivity index (χ0v) is 15.1. The fourth-order valence-electron chi connectivity index (χ4n) is 3.24. The van der Waals surface area contributed by atoms with Gasteiger partial charge >= 0.3 is 0 Å². The van der Waals surface area contributed by atoms with E-state index in [1.54, 1.807) is 6.07 Å². The summed E-state index contributed by atoms with van der Waals surface area (Å²) in [5.41, 5.74) is 4.30. The van der Waals surface area contributed by atoms with E-state index in [0.29, 0.717) is 12.1 Å². The van der Waals surface area contributed by atoms with Gasteiger partial charge < -0.3 is 10.6 Å². The first kappa shape index (κ1) is 18.1. The number of carbonyl (C=O) groups is 2. The van der Waals surface area contributed by atoms with Crippen molar-refractivity contribution >= 4 is 11.8 Å². The van der Waals surface area contributed by atoms with E-state index in [2.05, 4.69) is 39.8 Å². The normalized spacial score (nSPS) is 13.7.